The number of nitrogens with zero attached hydrogens (tertiary/aromatic N) is 2. The molecule has 7 nitrogen and oxygen atoms in total. The SMILES string of the molecule is O=C(Nc1ncc(Oc2cccc(F)c2)s1)N1CCOc2cc(O)ccc21. The van der Waals surface area contributed by atoms with Gasteiger partial charge in [-0.15, -0.1) is 0 Å². The second-order valence-electron chi connectivity index (χ2n) is 5.63. The highest BCUT2D eigenvalue weighted by Crippen LogP contribution is 2.35. The number of aromatic nitrogens is 1. The Bertz CT molecular complexity index is 994. The van der Waals surface area contributed by atoms with Crippen molar-refractivity contribution in [3.8, 4) is 22.3 Å². The van der Waals surface area contributed by atoms with Crippen molar-refractivity contribution in [1.82, 2.24) is 4.98 Å². The van der Waals surface area contributed by atoms with Crippen LogP contribution in [0.4, 0.5) is 20.0 Å². The lowest BCUT2D eigenvalue weighted by Gasteiger charge is -2.29. The number of fused-ring (bicyclic) bond motifs is 1. The molecule has 0 aliphatic carbocycles. The Morgan fingerprint density at radius 2 is 2.22 bits per heavy atom. The van der Waals surface area contributed by atoms with Gasteiger partial charge >= 0.3 is 6.03 Å². The number of hydrogen-bond donors (Lipinski definition) is 2. The molecule has 0 fully saturated rings. The van der Waals surface area contributed by atoms with Crippen LogP contribution in [0.1, 0.15) is 0 Å². The number of thiazole rings is 1. The van der Waals surface area contributed by atoms with Crippen molar-refractivity contribution in [3.05, 3.63) is 54.5 Å². The molecule has 27 heavy (non-hydrogen) atoms. The van der Waals surface area contributed by atoms with E-state index in [1.165, 1.54) is 35.4 Å². The average molecular weight is 387 g/mol. The number of benzene rings is 2. The molecule has 9 heteroatoms. The van der Waals surface area contributed by atoms with E-state index in [2.05, 4.69) is 10.3 Å². The van der Waals surface area contributed by atoms with Gasteiger partial charge in [-0.25, -0.2) is 14.2 Å². The minimum absolute atomic E-state index is 0.0649. The van der Waals surface area contributed by atoms with E-state index in [1.54, 1.807) is 18.2 Å². The van der Waals surface area contributed by atoms with E-state index in [4.69, 9.17) is 9.47 Å². The zero-order valence-corrected chi connectivity index (χ0v) is 14.7. The van der Waals surface area contributed by atoms with E-state index in [1.807, 2.05) is 0 Å². The molecule has 2 aromatic carbocycles. The van der Waals surface area contributed by atoms with Gasteiger partial charge in [-0.1, -0.05) is 17.4 Å². The van der Waals surface area contributed by atoms with E-state index in [0.29, 0.717) is 40.5 Å². The van der Waals surface area contributed by atoms with Crippen LogP contribution in [0, 0.1) is 5.82 Å². The molecule has 2 N–H and O–H groups in total. The van der Waals surface area contributed by atoms with Gasteiger partial charge in [-0.05, 0) is 24.3 Å². The molecule has 0 saturated carbocycles. The van der Waals surface area contributed by atoms with E-state index < -0.39 is 5.82 Å². The highest BCUT2D eigenvalue weighted by molar-refractivity contribution is 7.17. The maximum atomic E-state index is 13.2. The molecular formula is C18H14FN3O4S. The molecule has 1 aliphatic rings. The van der Waals surface area contributed by atoms with Crippen molar-refractivity contribution in [2.24, 2.45) is 0 Å². The maximum absolute atomic E-state index is 13.2. The van der Waals surface area contributed by atoms with E-state index in [-0.39, 0.29) is 11.8 Å². The van der Waals surface area contributed by atoms with Crippen molar-refractivity contribution < 1.29 is 23.8 Å². The van der Waals surface area contributed by atoms with Crippen LogP contribution in [0.25, 0.3) is 0 Å². The number of ether oxygens (including phenoxy) is 2. The number of phenolic OH excluding ortho intramolecular Hbond substituents is 1. The van der Waals surface area contributed by atoms with Crippen molar-refractivity contribution in [2.75, 3.05) is 23.4 Å². The third-order valence-corrected chi connectivity index (χ3v) is 4.56. The fourth-order valence-electron chi connectivity index (χ4n) is 2.59. The first-order valence-corrected chi connectivity index (χ1v) is 8.84. The minimum Gasteiger partial charge on any atom is -0.508 e. The Morgan fingerprint density at radius 3 is 3.07 bits per heavy atom. The normalized spacial score (nSPS) is 12.9. The molecule has 2 heterocycles. The van der Waals surface area contributed by atoms with Gasteiger partial charge in [0, 0.05) is 12.1 Å². The quantitative estimate of drug-likeness (QED) is 0.703. The number of anilines is 2. The number of urea groups is 1. The van der Waals surface area contributed by atoms with Crippen LogP contribution in [-0.2, 0) is 0 Å². The molecule has 0 unspecified atom stereocenters. The summed E-state index contributed by atoms with van der Waals surface area (Å²) in [6.45, 7) is 0.678. The van der Waals surface area contributed by atoms with Crippen LogP contribution in [0.15, 0.2) is 48.7 Å². The van der Waals surface area contributed by atoms with Gasteiger partial charge in [-0.3, -0.25) is 10.2 Å². The Morgan fingerprint density at radius 1 is 1.33 bits per heavy atom. The Kier molecular flexibility index (Phi) is 4.51. The minimum atomic E-state index is -0.400. The molecule has 1 aliphatic heterocycles. The third kappa shape index (κ3) is 3.77. The topological polar surface area (TPSA) is 83.9 Å². The summed E-state index contributed by atoms with van der Waals surface area (Å²) in [5.74, 6) is 0.446. The van der Waals surface area contributed by atoms with Gasteiger partial charge in [0.15, 0.2) is 5.13 Å². The predicted molar refractivity (Wildman–Crippen MR) is 98.6 cm³/mol. The summed E-state index contributed by atoms with van der Waals surface area (Å²) in [6, 6.07) is 9.94. The molecule has 0 radical (unpaired) electrons. The number of phenols is 1. The second-order valence-corrected chi connectivity index (χ2v) is 6.62. The van der Waals surface area contributed by atoms with E-state index in [0.717, 1.165) is 11.3 Å². The maximum Gasteiger partial charge on any atom is 0.328 e. The summed E-state index contributed by atoms with van der Waals surface area (Å²) in [5.41, 5.74) is 0.560. The van der Waals surface area contributed by atoms with Crippen LogP contribution in [0.5, 0.6) is 22.3 Å². The summed E-state index contributed by atoms with van der Waals surface area (Å²) < 4.78 is 24.2. The first-order valence-electron chi connectivity index (χ1n) is 8.02. The molecule has 1 aromatic heterocycles. The van der Waals surface area contributed by atoms with Crippen LogP contribution >= 0.6 is 11.3 Å². The summed E-state index contributed by atoms with van der Waals surface area (Å²) in [5, 5.41) is 13.0. The van der Waals surface area contributed by atoms with Crippen LogP contribution in [-0.4, -0.2) is 29.3 Å². The Hall–Kier alpha value is -3.33. The van der Waals surface area contributed by atoms with Crippen LogP contribution in [0.2, 0.25) is 0 Å². The molecule has 0 bridgehead atoms. The first-order chi connectivity index (χ1) is 13.1. The zero-order chi connectivity index (χ0) is 18.8. The Labute approximate surface area is 157 Å². The predicted octanol–water partition coefficient (Wildman–Crippen LogP) is 4.21. The number of halogens is 1. The number of rotatable bonds is 3. The van der Waals surface area contributed by atoms with Gasteiger partial charge in [0.05, 0.1) is 18.4 Å². The van der Waals surface area contributed by atoms with Gasteiger partial charge in [0.25, 0.3) is 0 Å². The standard InChI is InChI=1S/C18H14FN3O4S/c19-11-2-1-3-13(8-11)26-16-10-20-17(27-16)21-18(24)22-6-7-25-15-9-12(23)4-5-14(15)22/h1-5,8-10,23H,6-7H2,(H,20,21,24). The first kappa shape index (κ1) is 17.1. The Balaban J connectivity index is 1.46. The molecule has 2 amide bonds. The average Bonchev–Trinajstić information content (AvgIpc) is 3.07. The summed E-state index contributed by atoms with van der Waals surface area (Å²) in [6.07, 6.45) is 1.45. The van der Waals surface area contributed by atoms with Gasteiger partial charge in [-0.2, -0.15) is 0 Å². The molecule has 0 saturated heterocycles. The number of carbonyl (C=O) groups excluding carboxylic acids is 1. The lowest BCUT2D eigenvalue weighted by atomic mass is 10.2. The molecule has 0 atom stereocenters. The number of nitrogens with one attached hydrogen (secondary N) is 1. The third-order valence-electron chi connectivity index (χ3n) is 3.76. The summed E-state index contributed by atoms with van der Waals surface area (Å²) >= 11 is 1.12. The lowest BCUT2D eigenvalue weighted by molar-refractivity contribution is 0.250. The zero-order valence-electron chi connectivity index (χ0n) is 13.9. The molecule has 0 spiro atoms. The number of aromatic hydroxyl groups is 1. The van der Waals surface area contributed by atoms with E-state index in [9.17, 15) is 14.3 Å². The van der Waals surface area contributed by atoms with Crippen molar-refractivity contribution in [3.63, 3.8) is 0 Å². The molecule has 138 valence electrons. The molecular weight excluding hydrogens is 373 g/mol. The fraction of sp³-hybridized carbons (Fsp3) is 0.111. The largest absolute Gasteiger partial charge is 0.508 e. The van der Waals surface area contributed by atoms with Crippen LogP contribution in [0.3, 0.4) is 0 Å². The fourth-order valence-corrected chi connectivity index (χ4v) is 3.27. The monoisotopic (exact) mass is 387 g/mol. The number of carbonyl (C=O) groups is 1. The highest BCUT2D eigenvalue weighted by atomic mass is 32.1. The number of amides is 2. The van der Waals surface area contributed by atoms with Crippen molar-refractivity contribution in [1.29, 1.82) is 0 Å². The van der Waals surface area contributed by atoms with Gasteiger partial charge in [0.1, 0.15) is 29.7 Å². The smallest absolute Gasteiger partial charge is 0.328 e. The summed E-state index contributed by atoms with van der Waals surface area (Å²) in [7, 11) is 0. The second kappa shape index (κ2) is 7.12. The lowest BCUT2D eigenvalue weighted by Crippen LogP contribution is -2.40. The van der Waals surface area contributed by atoms with Crippen LogP contribution < -0.4 is 19.7 Å². The van der Waals surface area contributed by atoms with Gasteiger partial charge < -0.3 is 14.6 Å². The highest BCUT2D eigenvalue weighted by Gasteiger charge is 2.24. The van der Waals surface area contributed by atoms with Gasteiger partial charge in [0.2, 0.25) is 5.06 Å². The van der Waals surface area contributed by atoms with E-state index >= 15 is 0 Å². The van der Waals surface area contributed by atoms with Crippen molar-refractivity contribution >= 4 is 28.2 Å². The number of hydrogen-bond acceptors (Lipinski definition) is 6. The van der Waals surface area contributed by atoms with Crippen molar-refractivity contribution in [2.45, 2.75) is 0 Å². The molecule has 4 rings (SSSR count). The summed E-state index contributed by atoms with van der Waals surface area (Å²) in [4.78, 5) is 18.2. The molecule has 3 aromatic rings.